The van der Waals surface area contributed by atoms with E-state index in [0.29, 0.717) is 18.3 Å². The number of ether oxygens (including phenoxy) is 2. The highest BCUT2D eigenvalue weighted by atomic mass is 32.1. The summed E-state index contributed by atoms with van der Waals surface area (Å²) in [6, 6.07) is 5.67. The number of nitrogens with one attached hydrogen (secondary N) is 1. The fourth-order valence-corrected chi connectivity index (χ4v) is 3.18. The average molecular weight is 320 g/mol. The lowest BCUT2D eigenvalue weighted by molar-refractivity contribution is -0.126. The third kappa shape index (κ3) is 2.75. The Morgan fingerprint density at radius 1 is 1.50 bits per heavy atom. The molecule has 1 amide bonds. The van der Waals surface area contributed by atoms with Crippen molar-refractivity contribution in [2.45, 2.75) is 38.8 Å². The van der Waals surface area contributed by atoms with Crippen LogP contribution in [0.5, 0.6) is 11.5 Å². The van der Waals surface area contributed by atoms with Gasteiger partial charge in [-0.25, -0.2) is 0 Å². The van der Waals surface area contributed by atoms with Gasteiger partial charge in [-0.05, 0) is 39.1 Å². The molecule has 22 heavy (non-hydrogen) atoms. The van der Waals surface area contributed by atoms with Gasteiger partial charge in [0.1, 0.15) is 18.2 Å². The highest BCUT2D eigenvalue weighted by molar-refractivity contribution is 7.80. The first kappa shape index (κ1) is 15.1. The summed E-state index contributed by atoms with van der Waals surface area (Å²) < 4.78 is 11.8. The zero-order valence-electron chi connectivity index (χ0n) is 13.0. The van der Waals surface area contributed by atoms with Crippen LogP contribution in [0.1, 0.15) is 26.3 Å². The maximum atomic E-state index is 11.9. The molecule has 0 saturated carbocycles. The maximum Gasteiger partial charge on any atom is 0.251 e. The average Bonchev–Trinajstić information content (AvgIpc) is 2.88. The van der Waals surface area contributed by atoms with Gasteiger partial charge in [-0.15, -0.1) is 0 Å². The minimum absolute atomic E-state index is 0.00993. The van der Waals surface area contributed by atoms with Crippen LogP contribution in [-0.2, 0) is 11.2 Å². The quantitative estimate of drug-likeness (QED) is 0.859. The van der Waals surface area contributed by atoms with Gasteiger partial charge in [0.2, 0.25) is 0 Å². The van der Waals surface area contributed by atoms with Crippen molar-refractivity contribution < 1.29 is 14.3 Å². The third-order valence-electron chi connectivity index (χ3n) is 3.85. The molecule has 1 aromatic carbocycles. The second-order valence-electron chi connectivity index (χ2n) is 6.29. The van der Waals surface area contributed by atoms with Crippen LogP contribution in [0.2, 0.25) is 0 Å². The van der Waals surface area contributed by atoms with Crippen molar-refractivity contribution in [1.82, 2.24) is 10.2 Å². The lowest BCUT2D eigenvalue weighted by atomic mass is 10.0. The number of nitrogens with zero attached hydrogens (tertiary/aromatic N) is 1. The van der Waals surface area contributed by atoms with Crippen molar-refractivity contribution in [3.8, 4) is 11.5 Å². The van der Waals surface area contributed by atoms with Crippen LogP contribution < -0.4 is 14.8 Å². The standard InChI is InChI=1S/C16H20N2O3S/c1-10-14(19)18(15(22)17-10)7-8-20-12-6-4-5-11-9-16(2,3)21-13(11)12/h4-6,10H,7-9H2,1-3H3,(H,17,22). The molecule has 118 valence electrons. The third-order valence-corrected chi connectivity index (χ3v) is 4.19. The zero-order chi connectivity index (χ0) is 15.9. The molecule has 2 heterocycles. The lowest BCUT2D eigenvalue weighted by Gasteiger charge is -2.19. The van der Waals surface area contributed by atoms with E-state index in [0.717, 1.165) is 23.5 Å². The summed E-state index contributed by atoms with van der Waals surface area (Å²) in [5.41, 5.74) is 0.957. The predicted molar refractivity (Wildman–Crippen MR) is 87.3 cm³/mol. The van der Waals surface area contributed by atoms with E-state index in [-0.39, 0.29) is 17.6 Å². The van der Waals surface area contributed by atoms with Gasteiger partial charge in [0, 0.05) is 12.0 Å². The number of carbonyl (C=O) groups is 1. The molecule has 1 fully saturated rings. The van der Waals surface area contributed by atoms with Gasteiger partial charge in [0.15, 0.2) is 16.6 Å². The van der Waals surface area contributed by atoms with Gasteiger partial charge in [0.05, 0.1) is 6.54 Å². The smallest absolute Gasteiger partial charge is 0.251 e. The van der Waals surface area contributed by atoms with Crippen LogP contribution in [0.15, 0.2) is 18.2 Å². The van der Waals surface area contributed by atoms with Gasteiger partial charge in [-0.1, -0.05) is 12.1 Å². The Labute approximate surface area is 135 Å². The van der Waals surface area contributed by atoms with Crippen molar-refractivity contribution in [3.63, 3.8) is 0 Å². The Bertz CT molecular complexity index is 630. The number of benzene rings is 1. The molecular formula is C16H20N2O3S. The first-order chi connectivity index (χ1) is 10.4. The molecule has 1 unspecified atom stereocenters. The fraction of sp³-hybridized carbons (Fsp3) is 0.500. The number of carbonyl (C=O) groups excluding carboxylic acids is 1. The molecule has 0 bridgehead atoms. The minimum Gasteiger partial charge on any atom is -0.488 e. The summed E-state index contributed by atoms with van der Waals surface area (Å²) in [6.07, 6.45) is 0.871. The summed E-state index contributed by atoms with van der Waals surface area (Å²) in [6.45, 7) is 6.73. The van der Waals surface area contributed by atoms with Gasteiger partial charge in [-0.2, -0.15) is 0 Å². The normalized spacial score (nSPS) is 22.3. The minimum atomic E-state index is -0.252. The number of hydrogen-bond donors (Lipinski definition) is 1. The monoisotopic (exact) mass is 320 g/mol. The highest BCUT2D eigenvalue weighted by Gasteiger charge is 2.33. The Balaban J connectivity index is 1.63. The number of rotatable bonds is 4. The highest BCUT2D eigenvalue weighted by Crippen LogP contribution is 2.41. The SMILES string of the molecule is CC1NC(=S)N(CCOc2cccc3c2OC(C)(C)C3)C1=O. The largest absolute Gasteiger partial charge is 0.488 e. The van der Waals surface area contributed by atoms with Crippen molar-refractivity contribution in [2.24, 2.45) is 0 Å². The summed E-state index contributed by atoms with van der Waals surface area (Å²) in [7, 11) is 0. The Hall–Kier alpha value is -1.82. The number of hydrogen-bond acceptors (Lipinski definition) is 4. The van der Waals surface area contributed by atoms with Crippen LogP contribution in [0, 0.1) is 0 Å². The molecule has 1 atom stereocenters. The number of amides is 1. The van der Waals surface area contributed by atoms with Crippen LogP contribution >= 0.6 is 12.2 Å². The van der Waals surface area contributed by atoms with Crippen LogP contribution in [0.3, 0.4) is 0 Å². The Morgan fingerprint density at radius 3 is 2.95 bits per heavy atom. The van der Waals surface area contributed by atoms with E-state index in [9.17, 15) is 4.79 Å². The fourth-order valence-electron chi connectivity index (χ4n) is 2.82. The molecule has 2 aliphatic heterocycles. The molecule has 0 aromatic heterocycles. The zero-order valence-corrected chi connectivity index (χ0v) is 13.8. The number of para-hydroxylation sites is 1. The lowest BCUT2D eigenvalue weighted by Crippen LogP contribution is -2.34. The van der Waals surface area contributed by atoms with Crippen LogP contribution in [0.4, 0.5) is 0 Å². The molecule has 2 aliphatic rings. The molecule has 6 heteroatoms. The van der Waals surface area contributed by atoms with Crippen LogP contribution in [-0.4, -0.2) is 40.7 Å². The molecule has 5 nitrogen and oxygen atoms in total. The molecule has 1 N–H and O–H groups in total. The summed E-state index contributed by atoms with van der Waals surface area (Å²) >= 11 is 5.15. The van der Waals surface area contributed by atoms with E-state index in [1.165, 1.54) is 0 Å². The van der Waals surface area contributed by atoms with Gasteiger partial charge < -0.3 is 14.8 Å². The van der Waals surface area contributed by atoms with Crippen molar-refractivity contribution in [1.29, 1.82) is 0 Å². The van der Waals surface area contributed by atoms with E-state index >= 15 is 0 Å². The summed E-state index contributed by atoms with van der Waals surface area (Å²) in [5, 5.41) is 3.41. The molecular weight excluding hydrogens is 300 g/mol. The van der Waals surface area contributed by atoms with E-state index in [1.54, 1.807) is 11.8 Å². The van der Waals surface area contributed by atoms with Gasteiger partial charge in [-0.3, -0.25) is 9.69 Å². The molecule has 1 aromatic rings. The Morgan fingerprint density at radius 2 is 2.27 bits per heavy atom. The molecule has 3 rings (SSSR count). The Kier molecular flexibility index (Phi) is 3.72. The second kappa shape index (κ2) is 5.43. The molecule has 1 saturated heterocycles. The van der Waals surface area contributed by atoms with Gasteiger partial charge in [0.25, 0.3) is 5.91 Å². The van der Waals surface area contributed by atoms with Gasteiger partial charge >= 0.3 is 0 Å². The predicted octanol–water partition coefficient (Wildman–Crippen LogP) is 1.88. The molecule has 0 radical (unpaired) electrons. The van der Waals surface area contributed by atoms with Crippen molar-refractivity contribution >= 4 is 23.2 Å². The van der Waals surface area contributed by atoms with Crippen LogP contribution in [0.25, 0.3) is 0 Å². The molecule has 0 spiro atoms. The van der Waals surface area contributed by atoms with Crippen molar-refractivity contribution in [3.05, 3.63) is 23.8 Å². The second-order valence-corrected chi connectivity index (χ2v) is 6.68. The van der Waals surface area contributed by atoms with E-state index in [4.69, 9.17) is 21.7 Å². The van der Waals surface area contributed by atoms with E-state index in [2.05, 4.69) is 25.2 Å². The van der Waals surface area contributed by atoms with E-state index < -0.39 is 0 Å². The summed E-state index contributed by atoms with van der Waals surface area (Å²) in [4.78, 5) is 13.5. The number of fused-ring (bicyclic) bond motifs is 1. The molecule has 0 aliphatic carbocycles. The van der Waals surface area contributed by atoms with Crippen molar-refractivity contribution in [2.75, 3.05) is 13.2 Å². The van der Waals surface area contributed by atoms with E-state index in [1.807, 2.05) is 12.1 Å². The first-order valence-corrected chi connectivity index (χ1v) is 7.84. The topological polar surface area (TPSA) is 50.8 Å². The first-order valence-electron chi connectivity index (χ1n) is 7.43. The number of thiocarbonyl (C=S) groups is 1. The maximum absolute atomic E-state index is 11.9. The summed E-state index contributed by atoms with van der Waals surface area (Å²) in [5.74, 6) is 1.53.